The quantitative estimate of drug-likeness (QED) is 0.268. The topological polar surface area (TPSA) is 86.5 Å². The number of hydrogen-bond donors (Lipinski definition) is 0. The van der Waals surface area contributed by atoms with E-state index in [0.29, 0.717) is 12.4 Å². The number of allylic oxidation sites excluding steroid dienone is 1. The van der Waals surface area contributed by atoms with Gasteiger partial charge in [0.2, 0.25) is 0 Å². The van der Waals surface area contributed by atoms with Gasteiger partial charge in [-0.1, -0.05) is 0 Å². The molecule has 94 valence electrons. The van der Waals surface area contributed by atoms with Gasteiger partial charge in [-0.2, -0.15) is 0 Å². The van der Waals surface area contributed by atoms with Gasteiger partial charge in [0, 0.05) is 11.6 Å². The Hall–Kier alpha value is -2.57. The molecule has 0 aliphatic rings. The van der Waals surface area contributed by atoms with Crippen molar-refractivity contribution in [1.29, 1.82) is 0 Å². The number of carbonyl (C=O) groups is 2. The van der Waals surface area contributed by atoms with Crippen LogP contribution in [-0.2, 0) is 9.53 Å². The van der Waals surface area contributed by atoms with E-state index in [1.165, 1.54) is 0 Å². The number of aldehydes is 1. The fourth-order valence-corrected chi connectivity index (χ4v) is 1.27. The number of nitro groups is 1. The van der Waals surface area contributed by atoms with Crippen LogP contribution in [0.2, 0.25) is 0 Å². The standard InChI is InChI=1S/C11H8FNO5/c1-18-11(15)8-6-9(12)7(3-2-4-14)5-10(8)13(16)17/h2-6H,1H3. The second kappa shape index (κ2) is 5.67. The van der Waals surface area contributed by atoms with Crippen LogP contribution in [0.15, 0.2) is 18.2 Å². The zero-order chi connectivity index (χ0) is 13.7. The molecule has 1 aromatic rings. The lowest BCUT2D eigenvalue weighted by Gasteiger charge is -2.03. The zero-order valence-electron chi connectivity index (χ0n) is 9.25. The summed E-state index contributed by atoms with van der Waals surface area (Å²) in [4.78, 5) is 31.3. The Bertz CT molecular complexity index is 538. The van der Waals surface area contributed by atoms with Gasteiger partial charge in [-0.3, -0.25) is 14.9 Å². The van der Waals surface area contributed by atoms with Gasteiger partial charge in [0.05, 0.1) is 12.0 Å². The molecule has 6 nitrogen and oxygen atoms in total. The van der Waals surface area contributed by atoms with Crippen molar-refractivity contribution in [2.75, 3.05) is 7.11 Å². The minimum absolute atomic E-state index is 0.165. The van der Waals surface area contributed by atoms with E-state index < -0.39 is 28.0 Å². The third kappa shape index (κ3) is 2.76. The third-order valence-corrected chi connectivity index (χ3v) is 2.07. The van der Waals surface area contributed by atoms with E-state index in [1.54, 1.807) is 0 Å². The summed E-state index contributed by atoms with van der Waals surface area (Å²) in [6.45, 7) is 0. The molecule has 0 unspecified atom stereocenters. The predicted molar refractivity (Wildman–Crippen MR) is 59.5 cm³/mol. The van der Waals surface area contributed by atoms with Gasteiger partial charge >= 0.3 is 5.97 Å². The number of methoxy groups -OCH3 is 1. The van der Waals surface area contributed by atoms with Crippen molar-refractivity contribution in [3.63, 3.8) is 0 Å². The van der Waals surface area contributed by atoms with Crippen molar-refractivity contribution in [3.8, 4) is 0 Å². The lowest BCUT2D eigenvalue weighted by Crippen LogP contribution is -2.07. The Morgan fingerprint density at radius 1 is 1.50 bits per heavy atom. The van der Waals surface area contributed by atoms with Crippen LogP contribution in [0.5, 0.6) is 0 Å². The maximum absolute atomic E-state index is 13.5. The summed E-state index contributed by atoms with van der Waals surface area (Å²) in [5.41, 5.74) is -1.24. The number of nitrogens with zero attached hydrogens (tertiary/aromatic N) is 1. The molecular weight excluding hydrogens is 245 g/mol. The minimum atomic E-state index is -1.01. The van der Waals surface area contributed by atoms with Crippen LogP contribution in [0.1, 0.15) is 15.9 Å². The molecule has 7 heteroatoms. The first kappa shape index (κ1) is 13.5. The molecule has 0 atom stereocenters. The summed E-state index contributed by atoms with van der Waals surface area (Å²) in [5, 5.41) is 10.8. The summed E-state index contributed by atoms with van der Waals surface area (Å²) in [7, 11) is 1.03. The van der Waals surface area contributed by atoms with Crippen molar-refractivity contribution in [1.82, 2.24) is 0 Å². The smallest absolute Gasteiger partial charge is 0.344 e. The Morgan fingerprint density at radius 3 is 2.67 bits per heavy atom. The molecule has 0 spiro atoms. The highest BCUT2D eigenvalue weighted by molar-refractivity contribution is 5.94. The van der Waals surface area contributed by atoms with Crippen LogP contribution < -0.4 is 0 Å². The molecule has 0 amide bonds. The van der Waals surface area contributed by atoms with Crippen molar-refractivity contribution in [2.24, 2.45) is 0 Å². The van der Waals surface area contributed by atoms with Gasteiger partial charge < -0.3 is 4.74 Å². The van der Waals surface area contributed by atoms with Crippen LogP contribution in [0.3, 0.4) is 0 Å². The molecule has 0 aliphatic heterocycles. The van der Waals surface area contributed by atoms with Crippen molar-refractivity contribution in [3.05, 3.63) is 45.3 Å². The zero-order valence-corrected chi connectivity index (χ0v) is 9.25. The van der Waals surface area contributed by atoms with Crippen LogP contribution in [-0.4, -0.2) is 24.3 Å². The molecule has 0 N–H and O–H groups in total. The maximum atomic E-state index is 13.5. The number of nitro benzene ring substituents is 1. The number of halogens is 1. The highest BCUT2D eigenvalue weighted by Crippen LogP contribution is 2.24. The molecule has 0 saturated carbocycles. The van der Waals surface area contributed by atoms with Crippen LogP contribution >= 0.6 is 0 Å². The monoisotopic (exact) mass is 253 g/mol. The van der Waals surface area contributed by atoms with E-state index in [0.717, 1.165) is 25.3 Å². The Labute approximate surface area is 101 Å². The highest BCUT2D eigenvalue weighted by Gasteiger charge is 2.23. The summed E-state index contributed by atoms with van der Waals surface area (Å²) >= 11 is 0. The van der Waals surface area contributed by atoms with Gasteiger partial charge in [-0.15, -0.1) is 0 Å². The Balaban J connectivity index is 3.43. The average Bonchev–Trinajstić information content (AvgIpc) is 2.35. The molecule has 0 bridgehead atoms. The third-order valence-electron chi connectivity index (χ3n) is 2.07. The maximum Gasteiger partial charge on any atom is 0.344 e. The molecule has 18 heavy (non-hydrogen) atoms. The van der Waals surface area contributed by atoms with Gasteiger partial charge in [0.15, 0.2) is 0 Å². The summed E-state index contributed by atoms with van der Waals surface area (Å²) in [5.74, 6) is -1.87. The van der Waals surface area contributed by atoms with E-state index in [4.69, 9.17) is 0 Å². The molecular formula is C11H8FNO5. The first-order valence-electron chi connectivity index (χ1n) is 4.69. The SMILES string of the molecule is COC(=O)c1cc(F)c(C=CC=O)cc1[N+](=O)[O-]. The number of carbonyl (C=O) groups excluding carboxylic acids is 2. The van der Waals surface area contributed by atoms with Gasteiger partial charge in [-0.05, 0) is 18.2 Å². The van der Waals surface area contributed by atoms with Crippen LogP contribution in [0.25, 0.3) is 6.08 Å². The van der Waals surface area contributed by atoms with Crippen LogP contribution in [0.4, 0.5) is 10.1 Å². The second-order valence-electron chi connectivity index (χ2n) is 3.13. The highest BCUT2D eigenvalue weighted by atomic mass is 19.1. The van der Waals surface area contributed by atoms with E-state index in [9.17, 15) is 24.1 Å². The molecule has 0 aliphatic carbocycles. The van der Waals surface area contributed by atoms with Crippen LogP contribution in [0, 0.1) is 15.9 Å². The lowest BCUT2D eigenvalue weighted by molar-refractivity contribution is -0.385. The summed E-state index contributed by atoms with van der Waals surface area (Å²) < 4.78 is 17.8. The summed E-state index contributed by atoms with van der Waals surface area (Å²) in [6.07, 6.45) is 2.45. The largest absolute Gasteiger partial charge is 0.465 e. The lowest BCUT2D eigenvalue weighted by atomic mass is 10.1. The molecule has 0 saturated heterocycles. The van der Waals surface area contributed by atoms with Gasteiger partial charge in [0.1, 0.15) is 17.7 Å². The van der Waals surface area contributed by atoms with Crippen molar-refractivity contribution < 1.29 is 23.6 Å². The first-order chi connectivity index (χ1) is 8.51. The van der Waals surface area contributed by atoms with Gasteiger partial charge in [0.25, 0.3) is 5.69 Å². The van der Waals surface area contributed by atoms with E-state index >= 15 is 0 Å². The van der Waals surface area contributed by atoms with E-state index in [2.05, 4.69) is 4.74 Å². The fraction of sp³-hybridized carbons (Fsp3) is 0.0909. The van der Waals surface area contributed by atoms with E-state index in [1.807, 2.05) is 0 Å². The number of esters is 1. The Kier molecular flexibility index (Phi) is 4.25. The van der Waals surface area contributed by atoms with Crippen molar-refractivity contribution in [2.45, 2.75) is 0 Å². The molecule has 0 radical (unpaired) electrons. The number of benzene rings is 1. The average molecular weight is 253 g/mol. The normalized spacial score (nSPS) is 10.3. The van der Waals surface area contributed by atoms with E-state index in [-0.39, 0.29) is 5.56 Å². The predicted octanol–water partition coefficient (Wildman–Crippen LogP) is 1.73. The van der Waals surface area contributed by atoms with Crippen molar-refractivity contribution >= 4 is 24.0 Å². The first-order valence-corrected chi connectivity index (χ1v) is 4.69. The summed E-state index contributed by atoms with van der Waals surface area (Å²) in [6, 6.07) is 1.57. The number of ether oxygens (including phenoxy) is 1. The molecule has 0 aromatic heterocycles. The second-order valence-corrected chi connectivity index (χ2v) is 3.13. The molecule has 1 aromatic carbocycles. The molecule has 1 rings (SSSR count). The van der Waals surface area contributed by atoms with Gasteiger partial charge in [-0.25, -0.2) is 9.18 Å². The fourth-order valence-electron chi connectivity index (χ4n) is 1.27. The molecule has 0 fully saturated rings. The molecule has 0 heterocycles. The number of hydrogen-bond acceptors (Lipinski definition) is 5. The Morgan fingerprint density at radius 2 is 2.17 bits per heavy atom. The minimum Gasteiger partial charge on any atom is -0.465 e. The number of rotatable bonds is 4.